The van der Waals surface area contributed by atoms with Crippen molar-refractivity contribution in [1.29, 1.82) is 0 Å². The van der Waals surface area contributed by atoms with Gasteiger partial charge in [-0.1, -0.05) is 18.2 Å². The van der Waals surface area contributed by atoms with E-state index in [1.165, 1.54) is 5.56 Å². The third-order valence-electron chi connectivity index (χ3n) is 2.14. The second-order valence-corrected chi connectivity index (χ2v) is 4.43. The average Bonchev–Trinajstić information content (AvgIpc) is 2.01. The smallest absolute Gasteiger partial charge is 0.125 e. The summed E-state index contributed by atoms with van der Waals surface area (Å²) < 4.78 is 5.37. The van der Waals surface area contributed by atoms with Crippen LogP contribution in [-0.2, 0) is 6.42 Å². The Labute approximate surface area is 86.1 Å². The molecule has 0 bridgehead atoms. The summed E-state index contributed by atoms with van der Waals surface area (Å²) in [6.07, 6.45) is 0.831. The monoisotopic (exact) mass is 193 g/mol. The van der Waals surface area contributed by atoms with Crippen LogP contribution >= 0.6 is 0 Å². The lowest BCUT2D eigenvalue weighted by Gasteiger charge is -2.20. The first kappa shape index (κ1) is 11.1. The Bertz CT molecular complexity index is 313. The quantitative estimate of drug-likeness (QED) is 0.799. The van der Waals surface area contributed by atoms with Gasteiger partial charge < -0.3 is 10.5 Å². The Morgan fingerprint density at radius 1 is 1.36 bits per heavy atom. The molecule has 0 atom stereocenters. The van der Waals surface area contributed by atoms with Crippen LogP contribution in [0, 0.1) is 6.92 Å². The van der Waals surface area contributed by atoms with Gasteiger partial charge >= 0.3 is 0 Å². The zero-order chi connectivity index (χ0) is 10.8. The van der Waals surface area contributed by atoms with E-state index in [0.717, 1.165) is 17.7 Å². The van der Waals surface area contributed by atoms with E-state index in [9.17, 15) is 0 Å². The van der Waals surface area contributed by atoms with Gasteiger partial charge in [0, 0.05) is 5.54 Å². The Morgan fingerprint density at radius 2 is 2.00 bits per heavy atom. The molecule has 0 spiro atoms. The van der Waals surface area contributed by atoms with Crippen molar-refractivity contribution in [1.82, 2.24) is 0 Å². The van der Waals surface area contributed by atoms with Crippen LogP contribution < -0.4 is 10.5 Å². The third-order valence-corrected chi connectivity index (χ3v) is 2.14. The SMILES string of the molecule is COc1c(C)cccc1CC(C)(C)N. The zero-order valence-electron chi connectivity index (χ0n) is 9.42. The second kappa shape index (κ2) is 4.01. The lowest BCUT2D eigenvalue weighted by molar-refractivity contribution is 0.399. The van der Waals surface area contributed by atoms with Crippen molar-refractivity contribution in [2.45, 2.75) is 32.7 Å². The Kier molecular flexibility index (Phi) is 3.17. The largest absolute Gasteiger partial charge is 0.496 e. The van der Waals surface area contributed by atoms with Crippen LogP contribution in [0.2, 0.25) is 0 Å². The van der Waals surface area contributed by atoms with Crippen LogP contribution in [0.4, 0.5) is 0 Å². The van der Waals surface area contributed by atoms with Crippen LogP contribution in [0.25, 0.3) is 0 Å². The van der Waals surface area contributed by atoms with Gasteiger partial charge in [0.1, 0.15) is 5.75 Å². The van der Waals surface area contributed by atoms with E-state index in [-0.39, 0.29) is 5.54 Å². The molecule has 1 aromatic carbocycles. The van der Waals surface area contributed by atoms with E-state index >= 15 is 0 Å². The van der Waals surface area contributed by atoms with Gasteiger partial charge in [0.15, 0.2) is 0 Å². The number of methoxy groups -OCH3 is 1. The number of rotatable bonds is 3. The maximum absolute atomic E-state index is 5.99. The van der Waals surface area contributed by atoms with Crippen LogP contribution in [-0.4, -0.2) is 12.6 Å². The number of benzene rings is 1. The van der Waals surface area contributed by atoms with E-state index in [4.69, 9.17) is 10.5 Å². The Morgan fingerprint density at radius 3 is 2.50 bits per heavy atom. The molecule has 0 unspecified atom stereocenters. The molecule has 78 valence electrons. The molecule has 2 N–H and O–H groups in total. The van der Waals surface area contributed by atoms with Crippen molar-refractivity contribution in [3.63, 3.8) is 0 Å². The summed E-state index contributed by atoms with van der Waals surface area (Å²) in [5, 5.41) is 0. The molecule has 0 aliphatic heterocycles. The normalized spacial score (nSPS) is 11.5. The molecule has 1 rings (SSSR count). The molecular formula is C12H19NO. The second-order valence-electron chi connectivity index (χ2n) is 4.43. The van der Waals surface area contributed by atoms with E-state index in [1.54, 1.807) is 7.11 Å². The summed E-state index contributed by atoms with van der Waals surface area (Å²) in [6.45, 7) is 6.09. The van der Waals surface area contributed by atoms with Crippen LogP contribution in [0.3, 0.4) is 0 Å². The van der Waals surface area contributed by atoms with Gasteiger partial charge in [-0.15, -0.1) is 0 Å². The number of para-hydroxylation sites is 1. The summed E-state index contributed by atoms with van der Waals surface area (Å²) in [5.41, 5.74) is 8.13. The fourth-order valence-electron chi connectivity index (χ4n) is 1.64. The maximum Gasteiger partial charge on any atom is 0.125 e. The molecule has 0 fully saturated rings. The number of aryl methyl sites for hydroxylation is 1. The van der Waals surface area contributed by atoms with Crippen molar-refractivity contribution in [2.24, 2.45) is 5.73 Å². The summed E-state index contributed by atoms with van der Waals surface area (Å²) in [4.78, 5) is 0. The number of ether oxygens (including phenoxy) is 1. The Hall–Kier alpha value is -1.02. The summed E-state index contributed by atoms with van der Waals surface area (Å²) >= 11 is 0. The predicted molar refractivity (Wildman–Crippen MR) is 59.7 cm³/mol. The van der Waals surface area contributed by atoms with Gasteiger partial charge in [0.2, 0.25) is 0 Å². The zero-order valence-corrected chi connectivity index (χ0v) is 9.42. The molecule has 2 nitrogen and oxygen atoms in total. The molecular weight excluding hydrogens is 174 g/mol. The van der Waals surface area contributed by atoms with Gasteiger partial charge in [0.05, 0.1) is 7.11 Å². The highest BCUT2D eigenvalue weighted by Crippen LogP contribution is 2.25. The van der Waals surface area contributed by atoms with Crippen molar-refractivity contribution in [3.8, 4) is 5.75 Å². The molecule has 0 amide bonds. The van der Waals surface area contributed by atoms with Crippen LogP contribution in [0.15, 0.2) is 18.2 Å². The summed E-state index contributed by atoms with van der Waals surface area (Å²) in [5.74, 6) is 0.964. The minimum Gasteiger partial charge on any atom is -0.496 e. The van der Waals surface area contributed by atoms with E-state index in [1.807, 2.05) is 32.9 Å². The van der Waals surface area contributed by atoms with E-state index < -0.39 is 0 Å². The summed E-state index contributed by atoms with van der Waals surface area (Å²) in [6, 6.07) is 6.16. The minimum atomic E-state index is -0.193. The highest BCUT2D eigenvalue weighted by molar-refractivity contribution is 5.41. The highest BCUT2D eigenvalue weighted by atomic mass is 16.5. The molecule has 1 aromatic rings. The van der Waals surface area contributed by atoms with Crippen molar-refractivity contribution < 1.29 is 4.74 Å². The first-order valence-electron chi connectivity index (χ1n) is 4.85. The standard InChI is InChI=1S/C12H19NO/c1-9-6-5-7-10(11(9)14-4)8-12(2,3)13/h5-7H,8,13H2,1-4H3. The third kappa shape index (κ3) is 2.74. The van der Waals surface area contributed by atoms with Crippen LogP contribution in [0.5, 0.6) is 5.75 Å². The predicted octanol–water partition coefficient (Wildman–Crippen LogP) is 2.28. The first-order valence-corrected chi connectivity index (χ1v) is 4.85. The van der Waals surface area contributed by atoms with Gasteiger partial charge in [0.25, 0.3) is 0 Å². The molecule has 0 radical (unpaired) electrons. The maximum atomic E-state index is 5.99. The number of hydrogen-bond acceptors (Lipinski definition) is 2. The molecule has 14 heavy (non-hydrogen) atoms. The average molecular weight is 193 g/mol. The molecule has 2 heteroatoms. The van der Waals surface area contributed by atoms with Crippen molar-refractivity contribution in [2.75, 3.05) is 7.11 Å². The van der Waals surface area contributed by atoms with Gasteiger partial charge in [-0.2, -0.15) is 0 Å². The van der Waals surface area contributed by atoms with Crippen molar-refractivity contribution in [3.05, 3.63) is 29.3 Å². The highest BCUT2D eigenvalue weighted by Gasteiger charge is 2.15. The molecule has 0 saturated heterocycles. The van der Waals surface area contributed by atoms with E-state index in [2.05, 4.69) is 6.07 Å². The van der Waals surface area contributed by atoms with E-state index in [0.29, 0.717) is 0 Å². The van der Waals surface area contributed by atoms with Gasteiger partial charge in [-0.25, -0.2) is 0 Å². The van der Waals surface area contributed by atoms with Crippen LogP contribution in [0.1, 0.15) is 25.0 Å². The lowest BCUT2D eigenvalue weighted by atomic mass is 9.94. The number of nitrogens with two attached hydrogens (primary N) is 1. The molecule has 0 aliphatic rings. The first-order chi connectivity index (χ1) is 6.44. The fourth-order valence-corrected chi connectivity index (χ4v) is 1.64. The van der Waals surface area contributed by atoms with Gasteiger partial charge in [-0.3, -0.25) is 0 Å². The molecule has 0 heterocycles. The summed E-state index contributed by atoms with van der Waals surface area (Å²) in [7, 11) is 1.70. The van der Waals surface area contributed by atoms with Gasteiger partial charge in [-0.05, 0) is 38.3 Å². The number of hydrogen-bond donors (Lipinski definition) is 1. The molecule has 0 aromatic heterocycles. The topological polar surface area (TPSA) is 35.2 Å². The minimum absolute atomic E-state index is 0.193. The lowest BCUT2D eigenvalue weighted by Crippen LogP contribution is -2.34. The Balaban J connectivity index is 3.02. The fraction of sp³-hybridized carbons (Fsp3) is 0.500. The molecule has 0 saturated carbocycles. The van der Waals surface area contributed by atoms with Crippen molar-refractivity contribution >= 4 is 0 Å². The molecule has 0 aliphatic carbocycles.